The van der Waals surface area contributed by atoms with Gasteiger partial charge in [0, 0.05) is 20.2 Å². The second kappa shape index (κ2) is 10.3. The van der Waals surface area contributed by atoms with Crippen molar-refractivity contribution in [1.29, 1.82) is 0 Å². The van der Waals surface area contributed by atoms with Gasteiger partial charge in [0.25, 0.3) is 0 Å². The van der Waals surface area contributed by atoms with Crippen LogP contribution in [0, 0.1) is 5.92 Å². The quantitative estimate of drug-likeness (QED) is 0.564. The normalized spacial score (nSPS) is 13.1. The van der Waals surface area contributed by atoms with Crippen LogP contribution < -0.4 is 0 Å². The Morgan fingerprint density at radius 3 is 2.39 bits per heavy atom. The molecule has 0 spiro atoms. The Hall–Kier alpha value is -0.610. The van der Waals surface area contributed by atoms with Crippen molar-refractivity contribution in [2.45, 2.75) is 46.1 Å². The molecule has 0 aromatic heterocycles. The van der Waals surface area contributed by atoms with Gasteiger partial charge in [-0.2, -0.15) is 0 Å². The minimum atomic E-state index is -0.132. The van der Waals surface area contributed by atoms with E-state index < -0.39 is 0 Å². The summed E-state index contributed by atoms with van der Waals surface area (Å²) in [5, 5.41) is 0. The van der Waals surface area contributed by atoms with Gasteiger partial charge in [-0.3, -0.25) is 9.69 Å². The van der Waals surface area contributed by atoms with Crippen molar-refractivity contribution in [3.05, 3.63) is 0 Å². The van der Waals surface area contributed by atoms with Crippen molar-refractivity contribution in [3.63, 3.8) is 0 Å². The largest absolute Gasteiger partial charge is 0.468 e. The smallest absolute Gasteiger partial charge is 0.323 e. The zero-order valence-electron chi connectivity index (χ0n) is 12.6. The number of carbonyl (C=O) groups excluding carboxylic acids is 1. The van der Waals surface area contributed by atoms with Gasteiger partial charge in [0.2, 0.25) is 0 Å². The van der Waals surface area contributed by atoms with E-state index in [4.69, 9.17) is 9.47 Å². The first kappa shape index (κ1) is 17.4. The molecule has 0 saturated heterocycles. The fraction of sp³-hybridized carbons (Fsp3) is 0.929. The fourth-order valence-corrected chi connectivity index (χ4v) is 2.03. The molecule has 0 radical (unpaired) electrons. The Balaban J connectivity index is 4.63. The lowest BCUT2D eigenvalue weighted by molar-refractivity contribution is -0.147. The Bertz CT molecular complexity index is 219. The Morgan fingerprint density at radius 1 is 1.28 bits per heavy atom. The lowest BCUT2D eigenvalue weighted by Gasteiger charge is -2.31. The summed E-state index contributed by atoms with van der Waals surface area (Å²) in [6.45, 7) is 8.77. The molecule has 108 valence electrons. The standard InChI is InChI=1S/C14H29NO3/c1-6-7-8-13(14(16)18-5)15(9-10-17-4)11-12(2)3/h12-13H,6-11H2,1-5H3. The molecular formula is C14H29NO3. The number of methoxy groups -OCH3 is 2. The van der Waals surface area contributed by atoms with E-state index in [0.29, 0.717) is 12.5 Å². The predicted molar refractivity (Wildman–Crippen MR) is 73.6 cm³/mol. The average molecular weight is 259 g/mol. The molecule has 0 fully saturated rings. The van der Waals surface area contributed by atoms with Gasteiger partial charge in [-0.05, 0) is 12.3 Å². The summed E-state index contributed by atoms with van der Waals surface area (Å²) >= 11 is 0. The van der Waals surface area contributed by atoms with E-state index in [1.165, 1.54) is 7.11 Å². The Labute approximate surface area is 112 Å². The summed E-state index contributed by atoms with van der Waals surface area (Å²) in [6.07, 6.45) is 2.99. The van der Waals surface area contributed by atoms with E-state index in [1.807, 2.05) is 0 Å². The van der Waals surface area contributed by atoms with E-state index in [9.17, 15) is 4.79 Å². The molecule has 0 aromatic carbocycles. The van der Waals surface area contributed by atoms with Crippen LogP contribution in [0.5, 0.6) is 0 Å². The molecule has 18 heavy (non-hydrogen) atoms. The topological polar surface area (TPSA) is 38.8 Å². The first-order valence-electron chi connectivity index (χ1n) is 6.87. The van der Waals surface area contributed by atoms with Crippen molar-refractivity contribution >= 4 is 5.97 Å². The third-order valence-electron chi connectivity index (χ3n) is 2.93. The number of rotatable bonds is 10. The van der Waals surface area contributed by atoms with Gasteiger partial charge in [0.15, 0.2) is 0 Å². The molecule has 0 saturated carbocycles. The molecule has 0 N–H and O–H groups in total. The maximum absolute atomic E-state index is 11.9. The first-order valence-corrected chi connectivity index (χ1v) is 6.87. The minimum absolute atomic E-state index is 0.125. The van der Waals surface area contributed by atoms with Gasteiger partial charge in [-0.1, -0.05) is 33.6 Å². The summed E-state index contributed by atoms with van der Waals surface area (Å²) in [5.74, 6) is 0.399. The molecule has 0 aliphatic carbocycles. The van der Waals surface area contributed by atoms with E-state index in [2.05, 4.69) is 25.7 Å². The number of unbranched alkanes of at least 4 members (excludes halogenated alkanes) is 1. The maximum Gasteiger partial charge on any atom is 0.323 e. The number of carbonyl (C=O) groups is 1. The van der Waals surface area contributed by atoms with Crippen molar-refractivity contribution in [2.75, 3.05) is 33.9 Å². The highest BCUT2D eigenvalue weighted by Gasteiger charge is 2.26. The van der Waals surface area contributed by atoms with Gasteiger partial charge < -0.3 is 9.47 Å². The van der Waals surface area contributed by atoms with Crippen LogP contribution >= 0.6 is 0 Å². The van der Waals surface area contributed by atoms with Crippen molar-refractivity contribution in [3.8, 4) is 0 Å². The fourth-order valence-electron chi connectivity index (χ4n) is 2.03. The maximum atomic E-state index is 11.9. The van der Waals surface area contributed by atoms with Gasteiger partial charge in [0.1, 0.15) is 6.04 Å². The van der Waals surface area contributed by atoms with Gasteiger partial charge >= 0.3 is 5.97 Å². The second-order valence-corrected chi connectivity index (χ2v) is 5.06. The zero-order chi connectivity index (χ0) is 14.0. The van der Waals surface area contributed by atoms with Crippen LogP contribution in [0.15, 0.2) is 0 Å². The van der Waals surface area contributed by atoms with E-state index in [1.54, 1.807) is 7.11 Å². The van der Waals surface area contributed by atoms with Crippen molar-refractivity contribution < 1.29 is 14.3 Å². The van der Waals surface area contributed by atoms with Crippen LogP contribution in [0.25, 0.3) is 0 Å². The van der Waals surface area contributed by atoms with Crippen LogP contribution in [0.1, 0.15) is 40.0 Å². The van der Waals surface area contributed by atoms with Crippen LogP contribution in [0.3, 0.4) is 0 Å². The number of hydrogen-bond donors (Lipinski definition) is 0. The molecule has 1 atom stereocenters. The van der Waals surface area contributed by atoms with Crippen LogP contribution in [0.4, 0.5) is 0 Å². The van der Waals surface area contributed by atoms with Gasteiger partial charge in [-0.25, -0.2) is 0 Å². The van der Waals surface area contributed by atoms with E-state index in [-0.39, 0.29) is 12.0 Å². The molecule has 0 aromatic rings. The Morgan fingerprint density at radius 2 is 1.94 bits per heavy atom. The van der Waals surface area contributed by atoms with Crippen molar-refractivity contribution in [1.82, 2.24) is 4.90 Å². The third kappa shape index (κ3) is 6.97. The molecule has 0 aliphatic heterocycles. The first-order chi connectivity index (χ1) is 8.56. The molecule has 4 nitrogen and oxygen atoms in total. The van der Waals surface area contributed by atoms with Gasteiger partial charge in [-0.15, -0.1) is 0 Å². The second-order valence-electron chi connectivity index (χ2n) is 5.06. The lowest BCUT2D eigenvalue weighted by Crippen LogP contribution is -2.45. The monoisotopic (exact) mass is 259 g/mol. The highest BCUT2D eigenvalue weighted by atomic mass is 16.5. The molecule has 0 rings (SSSR count). The molecular weight excluding hydrogens is 230 g/mol. The van der Waals surface area contributed by atoms with Crippen molar-refractivity contribution in [2.24, 2.45) is 5.92 Å². The molecule has 0 aliphatic rings. The van der Waals surface area contributed by atoms with Crippen LogP contribution in [0.2, 0.25) is 0 Å². The van der Waals surface area contributed by atoms with E-state index in [0.717, 1.165) is 32.4 Å². The SMILES string of the molecule is CCCCC(C(=O)OC)N(CCOC)CC(C)C. The molecule has 0 amide bonds. The molecule has 0 bridgehead atoms. The molecule has 1 unspecified atom stereocenters. The highest BCUT2D eigenvalue weighted by molar-refractivity contribution is 5.75. The number of hydrogen-bond acceptors (Lipinski definition) is 4. The third-order valence-corrected chi connectivity index (χ3v) is 2.93. The summed E-state index contributed by atoms with van der Waals surface area (Å²) < 4.78 is 10.1. The summed E-state index contributed by atoms with van der Waals surface area (Å²) in [4.78, 5) is 14.1. The summed E-state index contributed by atoms with van der Waals surface area (Å²) in [6, 6.07) is -0.132. The van der Waals surface area contributed by atoms with Crippen LogP contribution in [-0.4, -0.2) is 50.8 Å². The lowest BCUT2D eigenvalue weighted by atomic mass is 10.1. The average Bonchev–Trinajstić information content (AvgIpc) is 2.34. The summed E-state index contributed by atoms with van der Waals surface area (Å²) in [5.41, 5.74) is 0. The van der Waals surface area contributed by atoms with Gasteiger partial charge in [0.05, 0.1) is 13.7 Å². The number of esters is 1. The minimum Gasteiger partial charge on any atom is -0.468 e. The summed E-state index contributed by atoms with van der Waals surface area (Å²) in [7, 11) is 3.15. The zero-order valence-corrected chi connectivity index (χ0v) is 12.6. The molecule has 4 heteroatoms. The van der Waals surface area contributed by atoms with Crippen LogP contribution in [-0.2, 0) is 14.3 Å². The predicted octanol–water partition coefficient (Wildman–Crippen LogP) is 2.32. The number of ether oxygens (including phenoxy) is 2. The molecule has 0 heterocycles. The number of nitrogens with zero attached hydrogens (tertiary/aromatic N) is 1. The highest BCUT2D eigenvalue weighted by Crippen LogP contribution is 2.13. The van der Waals surface area contributed by atoms with E-state index >= 15 is 0 Å². The Kier molecular flexibility index (Phi) is 9.98.